The third-order valence-electron chi connectivity index (χ3n) is 8.63. The van der Waals surface area contributed by atoms with E-state index in [1.165, 1.54) is 52.6 Å². The fraction of sp³-hybridized carbons (Fsp3) is 0.286. The van der Waals surface area contributed by atoms with Crippen molar-refractivity contribution in [2.24, 2.45) is 7.05 Å². The Bertz CT molecular complexity index is 2090. The van der Waals surface area contributed by atoms with Crippen LogP contribution in [0.4, 0.5) is 27.6 Å². The van der Waals surface area contributed by atoms with E-state index in [-0.39, 0.29) is 50.7 Å². The number of pyridine rings is 1. The van der Waals surface area contributed by atoms with Crippen molar-refractivity contribution in [2.45, 2.75) is 32.0 Å². The maximum atomic E-state index is 15.1. The molecule has 1 aliphatic heterocycles. The molecule has 5 aromatic rings. The summed E-state index contributed by atoms with van der Waals surface area (Å²) in [7, 11) is 2.86. The quantitative estimate of drug-likeness (QED) is 0.103. The van der Waals surface area contributed by atoms with Crippen molar-refractivity contribution >= 4 is 33.9 Å². The van der Waals surface area contributed by atoms with Crippen molar-refractivity contribution in [2.75, 3.05) is 32.2 Å². The zero-order valence-electron chi connectivity index (χ0n) is 26.8. The van der Waals surface area contributed by atoms with Crippen molar-refractivity contribution in [3.63, 3.8) is 0 Å². The highest BCUT2D eigenvalue weighted by Gasteiger charge is 2.38. The van der Waals surface area contributed by atoms with E-state index >= 15 is 8.78 Å². The Kier molecular flexibility index (Phi) is 9.27. The van der Waals surface area contributed by atoms with Gasteiger partial charge < -0.3 is 29.1 Å². The standard InChI is InChI=1S/C35H32F5N5O4/c1-19-42-32-28(44(19)2)18-23(35(38,39)40)30(34(32)48-3)22-6-5-13-45-26(22)8-9-27(45)33(47)20-16-24(36)31(25(37)17-20)43-29(46)7-4-12-41-21-10-14-49-15-11-21/h4-9,13,16-18,21,41H,10-12,14-15H2,1-3H3,(H,43,46)/b7-4+. The van der Waals surface area contributed by atoms with Crippen molar-refractivity contribution < 1.29 is 41.0 Å². The van der Waals surface area contributed by atoms with Gasteiger partial charge in [-0.3, -0.25) is 9.59 Å². The summed E-state index contributed by atoms with van der Waals surface area (Å²) in [5.74, 6) is -3.53. The number of hydrogen-bond donors (Lipinski definition) is 2. The Hall–Kier alpha value is -5.08. The van der Waals surface area contributed by atoms with E-state index in [0.29, 0.717) is 25.6 Å². The minimum absolute atomic E-state index is 0.0605. The zero-order valence-corrected chi connectivity index (χ0v) is 26.8. The van der Waals surface area contributed by atoms with Crippen LogP contribution in [0.1, 0.15) is 40.3 Å². The number of benzene rings is 2. The molecule has 1 amide bonds. The van der Waals surface area contributed by atoms with Crippen molar-refractivity contribution in [1.82, 2.24) is 19.3 Å². The van der Waals surface area contributed by atoms with Gasteiger partial charge in [-0.05, 0) is 56.2 Å². The van der Waals surface area contributed by atoms with Crippen molar-refractivity contribution in [3.05, 3.63) is 95.1 Å². The fourth-order valence-corrected chi connectivity index (χ4v) is 6.07. The number of amides is 1. The second kappa shape index (κ2) is 13.4. The van der Waals surface area contributed by atoms with Gasteiger partial charge in [0.2, 0.25) is 11.7 Å². The number of methoxy groups -OCH3 is 1. The lowest BCUT2D eigenvalue weighted by molar-refractivity contribution is -0.137. The summed E-state index contributed by atoms with van der Waals surface area (Å²) in [5, 5.41) is 5.42. The lowest BCUT2D eigenvalue weighted by Crippen LogP contribution is -2.34. The van der Waals surface area contributed by atoms with Crippen LogP contribution in [0.3, 0.4) is 0 Å². The van der Waals surface area contributed by atoms with E-state index in [1.54, 1.807) is 14.0 Å². The number of carbonyl (C=O) groups excluding carboxylic acids is 2. The Morgan fingerprint density at radius 1 is 1.08 bits per heavy atom. The number of nitrogens with one attached hydrogen (secondary N) is 2. The summed E-state index contributed by atoms with van der Waals surface area (Å²) in [6, 6.07) is 8.58. The number of anilines is 1. The van der Waals surface area contributed by atoms with Crippen LogP contribution in [0.25, 0.3) is 27.7 Å². The molecular weight excluding hydrogens is 649 g/mol. The third-order valence-corrected chi connectivity index (χ3v) is 8.63. The third kappa shape index (κ3) is 6.53. The molecule has 0 aliphatic carbocycles. The zero-order chi connectivity index (χ0) is 35.0. The van der Waals surface area contributed by atoms with Gasteiger partial charge in [0, 0.05) is 61.8 Å². The topological polar surface area (TPSA) is 98.9 Å². The van der Waals surface area contributed by atoms with Crippen LogP contribution in [-0.2, 0) is 22.8 Å². The molecule has 1 saturated heterocycles. The number of ketones is 1. The fourth-order valence-electron chi connectivity index (χ4n) is 6.07. The van der Waals surface area contributed by atoms with Gasteiger partial charge in [-0.25, -0.2) is 13.8 Å². The van der Waals surface area contributed by atoms with Gasteiger partial charge in [0.15, 0.2) is 5.75 Å². The lowest BCUT2D eigenvalue weighted by atomic mass is 9.96. The maximum Gasteiger partial charge on any atom is 0.417 e. The number of ether oxygens (including phenoxy) is 2. The molecule has 0 bridgehead atoms. The van der Waals surface area contributed by atoms with E-state index in [0.717, 1.165) is 37.1 Å². The first-order chi connectivity index (χ1) is 23.4. The molecule has 2 aromatic carbocycles. The molecule has 1 fully saturated rings. The first kappa shape index (κ1) is 33.8. The summed E-state index contributed by atoms with van der Waals surface area (Å²) in [5.41, 5.74) is -1.61. The molecular formula is C35H32F5N5O4. The number of imidazole rings is 1. The molecule has 3 aromatic heterocycles. The molecule has 9 nitrogen and oxygen atoms in total. The van der Waals surface area contributed by atoms with Crippen LogP contribution >= 0.6 is 0 Å². The Balaban J connectivity index is 1.30. The molecule has 2 N–H and O–H groups in total. The molecule has 0 radical (unpaired) electrons. The first-order valence-electron chi connectivity index (χ1n) is 15.4. The monoisotopic (exact) mass is 681 g/mol. The Labute approximate surface area is 277 Å². The SMILES string of the molecule is COc1c(-c2cccn3c(C(=O)c4cc(F)c(NC(=O)/C=C/CNC5CCOCC5)c(F)c4)ccc23)c(C(F)(F)F)cc2c1nc(C)n2C. The van der Waals surface area contributed by atoms with Crippen LogP contribution in [-0.4, -0.2) is 58.6 Å². The van der Waals surface area contributed by atoms with Gasteiger partial charge in [0.05, 0.1) is 29.4 Å². The molecule has 4 heterocycles. The van der Waals surface area contributed by atoms with E-state index in [2.05, 4.69) is 15.6 Å². The van der Waals surface area contributed by atoms with E-state index in [4.69, 9.17) is 9.47 Å². The van der Waals surface area contributed by atoms with Gasteiger partial charge in [0.25, 0.3) is 0 Å². The van der Waals surface area contributed by atoms with Crippen LogP contribution in [0.15, 0.2) is 60.8 Å². The maximum absolute atomic E-state index is 15.1. The summed E-state index contributed by atoms with van der Waals surface area (Å²) >= 11 is 0. The molecule has 0 atom stereocenters. The summed E-state index contributed by atoms with van der Waals surface area (Å²) in [4.78, 5) is 30.4. The van der Waals surface area contributed by atoms with Gasteiger partial charge >= 0.3 is 6.18 Å². The number of carbonyl (C=O) groups is 2. The Morgan fingerprint density at radius 2 is 1.80 bits per heavy atom. The molecule has 1 aliphatic rings. The number of rotatable bonds is 9. The summed E-state index contributed by atoms with van der Waals surface area (Å²) in [6.45, 7) is 3.35. The average molecular weight is 682 g/mol. The summed E-state index contributed by atoms with van der Waals surface area (Å²) in [6.07, 6.45) is 1.05. The number of halogens is 5. The number of hydrogen-bond acceptors (Lipinski definition) is 6. The van der Waals surface area contributed by atoms with Gasteiger partial charge in [-0.15, -0.1) is 0 Å². The highest BCUT2D eigenvalue weighted by atomic mass is 19.4. The molecule has 256 valence electrons. The molecule has 49 heavy (non-hydrogen) atoms. The number of aromatic nitrogens is 3. The molecule has 0 spiro atoms. The van der Waals surface area contributed by atoms with E-state index in [1.807, 2.05) is 0 Å². The predicted octanol–water partition coefficient (Wildman–Crippen LogP) is 6.60. The van der Waals surface area contributed by atoms with Crippen LogP contribution < -0.4 is 15.4 Å². The number of nitrogens with zero attached hydrogens (tertiary/aromatic N) is 3. The highest BCUT2D eigenvalue weighted by Crippen LogP contribution is 2.47. The largest absolute Gasteiger partial charge is 0.494 e. The van der Waals surface area contributed by atoms with Crippen LogP contribution in [0, 0.1) is 18.6 Å². The minimum Gasteiger partial charge on any atom is -0.494 e. The molecule has 0 saturated carbocycles. The molecule has 0 unspecified atom stereocenters. The predicted molar refractivity (Wildman–Crippen MR) is 173 cm³/mol. The van der Waals surface area contributed by atoms with Crippen LogP contribution in [0.5, 0.6) is 5.75 Å². The second-order valence-electron chi connectivity index (χ2n) is 11.6. The summed E-state index contributed by atoms with van der Waals surface area (Å²) < 4.78 is 87.6. The molecule has 14 heteroatoms. The Morgan fingerprint density at radius 3 is 2.47 bits per heavy atom. The number of aryl methyl sites for hydroxylation is 2. The average Bonchev–Trinajstić information content (AvgIpc) is 3.63. The van der Waals surface area contributed by atoms with Crippen molar-refractivity contribution in [1.29, 1.82) is 0 Å². The highest BCUT2D eigenvalue weighted by molar-refractivity contribution is 6.10. The first-order valence-corrected chi connectivity index (χ1v) is 15.4. The minimum atomic E-state index is -4.78. The van der Waals surface area contributed by atoms with Crippen molar-refractivity contribution in [3.8, 4) is 16.9 Å². The van der Waals surface area contributed by atoms with Crippen LogP contribution in [0.2, 0.25) is 0 Å². The lowest BCUT2D eigenvalue weighted by Gasteiger charge is -2.22. The normalized spacial score (nSPS) is 14.3. The van der Waals surface area contributed by atoms with Gasteiger partial charge in [0.1, 0.15) is 28.7 Å². The van der Waals surface area contributed by atoms with E-state index < -0.39 is 40.8 Å². The van der Waals surface area contributed by atoms with Gasteiger partial charge in [-0.2, -0.15) is 13.2 Å². The second-order valence-corrected chi connectivity index (χ2v) is 11.6. The van der Waals surface area contributed by atoms with Gasteiger partial charge in [-0.1, -0.05) is 12.1 Å². The number of fused-ring (bicyclic) bond motifs is 2. The van der Waals surface area contributed by atoms with E-state index in [9.17, 15) is 22.8 Å². The molecule has 6 rings (SSSR count). The number of alkyl halides is 3. The smallest absolute Gasteiger partial charge is 0.417 e.